The lowest BCUT2D eigenvalue weighted by molar-refractivity contribution is -0.384. The van der Waals surface area contributed by atoms with Gasteiger partial charge in [-0.05, 0) is 31.2 Å². The maximum atomic E-state index is 12.2. The average Bonchev–Trinajstić information content (AvgIpc) is 2.62. The molecule has 2 rings (SSSR count). The molecule has 1 unspecified atom stereocenters. The number of nitrogens with zero attached hydrogens (tertiary/aromatic N) is 2. The summed E-state index contributed by atoms with van der Waals surface area (Å²) >= 11 is 5.63. The van der Waals surface area contributed by atoms with Crippen molar-refractivity contribution in [2.24, 2.45) is 0 Å². The van der Waals surface area contributed by atoms with Gasteiger partial charge in [0.25, 0.3) is 11.6 Å². The number of aromatic nitrogens is 1. The number of nitrogens with one attached hydrogen (secondary N) is 1. The van der Waals surface area contributed by atoms with E-state index in [0.29, 0.717) is 0 Å². The van der Waals surface area contributed by atoms with Crippen molar-refractivity contribution in [3.05, 3.63) is 57.4 Å². The molecule has 0 spiro atoms. The number of nitro groups is 1. The van der Waals surface area contributed by atoms with Crippen LogP contribution in [-0.2, 0) is 9.53 Å². The van der Waals surface area contributed by atoms with E-state index >= 15 is 0 Å². The van der Waals surface area contributed by atoms with Crippen LogP contribution in [0, 0.1) is 10.1 Å². The molecule has 2 aromatic rings. The van der Waals surface area contributed by atoms with Crippen molar-refractivity contribution in [3.8, 4) is 5.75 Å². The predicted molar refractivity (Wildman–Crippen MR) is 92.4 cm³/mol. The second-order valence-corrected chi connectivity index (χ2v) is 5.43. The van der Waals surface area contributed by atoms with E-state index < -0.39 is 22.9 Å². The topological polar surface area (TPSA) is 121 Å². The zero-order chi connectivity index (χ0) is 19.3. The fourth-order valence-electron chi connectivity index (χ4n) is 1.91. The number of hydrogen-bond donors (Lipinski definition) is 1. The van der Waals surface area contributed by atoms with E-state index in [-0.39, 0.29) is 27.8 Å². The number of halogens is 1. The van der Waals surface area contributed by atoms with Crippen LogP contribution in [0.15, 0.2) is 36.5 Å². The van der Waals surface area contributed by atoms with Gasteiger partial charge in [-0.1, -0.05) is 11.6 Å². The molecule has 0 aliphatic rings. The lowest BCUT2D eigenvalue weighted by Crippen LogP contribution is -2.30. The van der Waals surface area contributed by atoms with Gasteiger partial charge < -0.3 is 14.8 Å². The van der Waals surface area contributed by atoms with E-state index in [1.807, 2.05) is 0 Å². The molecule has 0 saturated heterocycles. The molecule has 0 saturated carbocycles. The van der Waals surface area contributed by atoms with E-state index in [1.165, 1.54) is 50.6 Å². The first-order valence-electron chi connectivity index (χ1n) is 7.27. The number of nitro benzene ring substituents is 1. The zero-order valence-corrected chi connectivity index (χ0v) is 14.5. The van der Waals surface area contributed by atoms with Crippen LogP contribution in [0.1, 0.15) is 17.3 Å². The predicted octanol–water partition coefficient (Wildman–Crippen LogP) is 2.84. The molecule has 0 radical (unpaired) electrons. The van der Waals surface area contributed by atoms with Gasteiger partial charge in [-0.3, -0.25) is 14.9 Å². The van der Waals surface area contributed by atoms with Crippen molar-refractivity contribution in [2.45, 2.75) is 13.0 Å². The second kappa shape index (κ2) is 8.26. The van der Waals surface area contributed by atoms with Crippen LogP contribution in [0.2, 0.25) is 5.15 Å². The molecule has 0 aliphatic heterocycles. The molecule has 0 bridgehead atoms. The summed E-state index contributed by atoms with van der Waals surface area (Å²) < 4.78 is 9.95. The Labute approximate surface area is 153 Å². The Morgan fingerprint density at radius 2 is 2.04 bits per heavy atom. The van der Waals surface area contributed by atoms with Gasteiger partial charge in [0.2, 0.25) is 0 Å². The van der Waals surface area contributed by atoms with Gasteiger partial charge in [0.15, 0.2) is 6.10 Å². The van der Waals surface area contributed by atoms with Crippen LogP contribution in [-0.4, -0.2) is 35.0 Å². The van der Waals surface area contributed by atoms with Gasteiger partial charge in [-0.2, -0.15) is 0 Å². The summed E-state index contributed by atoms with van der Waals surface area (Å²) in [5, 5.41) is 13.7. The number of methoxy groups -OCH3 is 1. The van der Waals surface area contributed by atoms with Gasteiger partial charge in [-0.25, -0.2) is 9.78 Å². The Kier molecular flexibility index (Phi) is 6.07. The Bertz CT molecular complexity index is 840. The molecule has 1 amide bonds. The number of amides is 1. The smallest absolute Gasteiger partial charge is 0.340 e. The van der Waals surface area contributed by atoms with E-state index in [0.717, 1.165) is 0 Å². The van der Waals surface area contributed by atoms with Gasteiger partial charge in [0, 0.05) is 6.20 Å². The van der Waals surface area contributed by atoms with Gasteiger partial charge >= 0.3 is 5.97 Å². The standard InChI is InChI=1S/C16H14ClN3O6/c1-9(26-16(22)10-3-6-14(17)18-8-10)15(21)19-12-5-4-11(25-2)7-13(12)20(23)24/h3-9H,1-2H3,(H,19,21). The van der Waals surface area contributed by atoms with Crippen LogP contribution in [0.4, 0.5) is 11.4 Å². The van der Waals surface area contributed by atoms with Crippen LogP contribution in [0.5, 0.6) is 5.75 Å². The van der Waals surface area contributed by atoms with E-state index in [2.05, 4.69) is 10.3 Å². The fraction of sp³-hybridized carbons (Fsp3) is 0.188. The summed E-state index contributed by atoms with van der Waals surface area (Å²) in [6.45, 7) is 1.34. The number of hydrogen-bond acceptors (Lipinski definition) is 7. The number of carbonyl (C=O) groups excluding carboxylic acids is 2. The van der Waals surface area contributed by atoms with Crippen molar-refractivity contribution in [3.63, 3.8) is 0 Å². The van der Waals surface area contributed by atoms with Crippen LogP contribution in [0.3, 0.4) is 0 Å². The van der Waals surface area contributed by atoms with Crippen molar-refractivity contribution in [1.29, 1.82) is 0 Å². The third kappa shape index (κ3) is 4.67. The Hall–Kier alpha value is -3.20. The molecule has 10 heteroatoms. The van der Waals surface area contributed by atoms with Gasteiger partial charge in [0.1, 0.15) is 16.6 Å². The molecular formula is C16H14ClN3O6. The summed E-state index contributed by atoms with van der Waals surface area (Å²) in [7, 11) is 1.37. The summed E-state index contributed by atoms with van der Waals surface area (Å²) in [6.07, 6.45) is 0.0174. The second-order valence-electron chi connectivity index (χ2n) is 5.05. The quantitative estimate of drug-likeness (QED) is 0.354. The number of benzene rings is 1. The van der Waals surface area contributed by atoms with Crippen molar-refractivity contribution in [1.82, 2.24) is 4.98 Å². The minimum atomic E-state index is -1.19. The Morgan fingerprint density at radius 1 is 1.31 bits per heavy atom. The minimum Gasteiger partial charge on any atom is -0.496 e. The molecular weight excluding hydrogens is 366 g/mol. The normalized spacial score (nSPS) is 11.3. The number of esters is 1. The summed E-state index contributed by atoms with van der Waals surface area (Å²) in [5.41, 5.74) is -0.278. The molecule has 1 N–H and O–H groups in total. The monoisotopic (exact) mass is 379 g/mol. The maximum Gasteiger partial charge on any atom is 0.340 e. The first-order valence-corrected chi connectivity index (χ1v) is 7.65. The van der Waals surface area contributed by atoms with Crippen molar-refractivity contribution >= 4 is 34.9 Å². The average molecular weight is 380 g/mol. The fourth-order valence-corrected chi connectivity index (χ4v) is 2.02. The molecule has 1 aromatic heterocycles. The van der Waals surface area contributed by atoms with Crippen molar-refractivity contribution in [2.75, 3.05) is 12.4 Å². The highest BCUT2D eigenvalue weighted by atomic mass is 35.5. The molecule has 136 valence electrons. The number of ether oxygens (including phenoxy) is 2. The van der Waals surface area contributed by atoms with E-state index in [1.54, 1.807) is 0 Å². The Morgan fingerprint density at radius 3 is 2.62 bits per heavy atom. The molecule has 1 atom stereocenters. The maximum absolute atomic E-state index is 12.2. The first kappa shape index (κ1) is 19.1. The molecule has 1 heterocycles. The highest BCUT2D eigenvalue weighted by Crippen LogP contribution is 2.29. The summed E-state index contributed by atoms with van der Waals surface area (Å²) in [4.78, 5) is 38.4. The number of carbonyl (C=O) groups is 2. The zero-order valence-electron chi connectivity index (χ0n) is 13.8. The van der Waals surface area contributed by atoms with Gasteiger partial charge in [0.05, 0.1) is 23.7 Å². The highest BCUT2D eigenvalue weighted by Gasteiger charge is 2.23. The number of rotatable bonds is 6. The van der Waals surface area contributed by atoms with Crippen LogP contribution in [0.25, 0.3) is 0 Å². The van der Waals surface area contributed by atoms with Crippen molar-refractivity contribution < 1.29 is 24.0 Å². The summed E-state index contributed by atoms with van der Waals surface area (Å²) in [6, 6.07) is 6.76. The number of pyridine rings is 1. The minimum absolute atomic E-state index is 0.0446. The molecule has 26 heavy (non-hydrogen) atoms. The summed E-state index contributed by atoms with van der Waals surface area (Å²) in [5.74, 6) is -1.24. The largest absolute Gasteiger partial charge is 0.496 e. The lowest BCUT2D eigenvalue weighted by Gasteiger charge is -2.14. The third-order valence-corrected chi connectivity index (χ3v) is 3.50. The van der Waals surface area contributed by atoms with Gasteiger partial charge in [-0.15, -0.1) is 0 Å². The lowest BCUT2D eigenvalue weighted by atomic mass is 10.2. The van der Waals surface area contributed by atoms with E-state index in [9.17, 15) is 19.7 Å². The molecule has 1 aromatic carbocycles. The highest BCUT2D eigenvalue weighted by molar-refractivity contribution is 6.29. The van der Waals surface area contributed by atoms with Crippen LogP contribution < -0.4 is 10.1 Å². The third-order valence-electron chi connectivity index (χ3n) is 3.28. The molecule has 9 nitrogen and oxygen atoms in total. The molecule has 0 fully saturated rings. The molecule has 0 aliphatic carbocycles. The van der Waals surface area contributed by atoms with E-state index in [4.69, 9.17) is 21.1 Å². The SMILES string of the molecule is COc1ccc(NC(=O)C(C)OC(=O)c2ccc(Cl)nc2)c([N+](=O)[O-])c1. The number of anilines is 1. The first-order chi connectivity index (χ1) is 12.3. The Balaban J connectivity index is 2.08. The van der Waals surface area contributed by atoms with Crippen LogP contribution >= 0.6 is 11.6 Å².